The summed E-state index contributed by atoms with van der Waals surface area (Å²) < 4.78 is 0. The van der Waals surface area contributed by atoms with E-state index in [1.165, 1.54) is 31.1 Å². The summed E-state index contributed by atoms with van der Waals surface area (Å²) in [4.78, 5) is 18.0. The van der Waals surface area contributed by atoms with E-state index < -0.39 is 0 Å². The zero-order valence-electron chi connectivity index (χ0n) is 13.6. The van der Waals surface area contributed by atoms with Gasteiger partial charge in [-0.25, -0.2) is 0 Å². The highest BCUT2D eigenvalue weighted by Gasteiger charge is 2.23. The molecular weight excluding hydrogens is 274 g/mol. The fourth-order valence-electron chi connectivity index (χ4n) is 3.80. The summed E-state index contributed by atoms with van der Waals surface area (Å²) in [7, 11) is 0. The van der Waals surface area contributed by atoms with E-state index in [1.807, 2.05) is 0 Å². The van der Waals surface area contributed by atoms with Crippen molar-refractivity contribution in [3.8, 4) is 0 Å². The third-order valence-electron chi connectivity index (χ3n) is 4.94. The van der Waals surface area contributed by atoms with Gasteiger partial charge in [0, 0.05) is 31.9 Å². The third-order valence-corrected chi connectivity index (χ3v) is 4.94. The Morgan fingerprint density at radius 1 is 1.09 bits per heavy atom. The Morgan fingerprint density at radius 3 is 2.64 bits per heavy atom. The van der Waals surface area contributed by atoms with Gasteiger partial charge in [-0.05, 0) is 44.6 Å². The molecule has 2 aliphatic heterocycles. The van der Waals surface area contributed by atoms with E-state index in [0.29, 0.717) is 0 Å². The Morgan fingerprint density at radius 2 is 1.86 bits per heavy atom. The summed E-state index contributed by atoms with van der Waals surface area (Å²) in [6.07, 6.45) is 5.09. The lowest BCUT2D eigenvalue weighted by atomic mass is 10.0. The summed E-state index contributed by atoms with van der Waals surface area (Å²) in [5.74, 6) is 2.77. The Balaban J connectivity index is 1.79. The van der Waals surface area contributed by atoms with Gasteiger partial charge in [-0.1, -0.05) is 6.92 Å². The second kappa shape index (κ2) is 5.45. The highest BCUT2D eigenvalue weighted by Crippen LogP contribution is 2.31. The summed E-state index contributed by atoms with van der Waals surface area (Å²) in [6.45, 7) is 8.83. The molecular formula is C17H25N5. The Labute approximate surface area is 131 Å². The van der Waals surface area contributed by atoms with E-state index in [9.17, 15) is 0 Å². The lowest BCUT2D eigenvalue weighted by molar-refractivity contribution is 0.445. The van der Waals surface area contributed by atoms with Crippen LogP contribution >= 0.6 is 0 Å². The predicted molar refractivity (Wildman–Crippen MR) is 90.7 cm³/mol. The molecule has 0 spiro atoms. The molecule has 2 aromatic rings. The van der Waals surface area contributed by atoms with E-state index in [0.717, 1.165) is 55.2 Å². The molecule has 0 bridgehead atoms. The number of aromatic amines is 1. The quantitative estimate of drug-likeness (QED) is 0.925. The van der Waals surface area contributed by atoms with Crippen molar-refractivity contribution in [2.45, 2.75) is 39.5 Å². The maximum atomic E-state index is 4.98. The van der Waals surface area contributed by atoms with Gasteiger partial charge in [0.25, 0.3) is 0 Å². The molecule has 22 heavy (non-hydrogen) atoms. The maximum Gasteiger partial charge on any atom is 0.229 e. The Kier molecular flexibility index (Phi) is 3.43. The van der Waals surface area contributed by atoms with Gasteiger partial charge in [-0.15, -0.1) is 0 Å². The van der Waals surface area contributed by atoms with E-state index in [4.69, 9.17) is 9.97 Å². The van der Waals surface area contributed by atoms with Crippen molar-refractivity contribution in [1.29, 1.82) is 0 Å². The van der Waals surface area contributed by atoms with Crippen LogP contribution < -0.4 is 9.80 Å². The number of aryl methyl sites for hydroxylation is 1. The first-order chi connectivity index (χ1) is 10.7. The summed E-state index contributed by atoms with van der Waals surface area (Å²) >= 11 is 0. The Bertz CT molecular complexity index is 671. The van der Waals surface area contributed by atoms with Crippen molar-refractivity contribution >= 4 is 22.8 Å². The number of aromatic nitrogens is 3. The molecule has 2 aromatic heterocycles. The largest absolute Gasteiger partial charge is 0.356 e. The van der Waals surface area contributed by atoms with Crippen LogP contribution in [-0.2, 0) is 0 Å². The molecule has 4 heterocycles. The minimum absolute atomic E-state index is 0.744. The van der Waals surface area contributed by atoms with Crippen LogP contribution in [0, 0.1) is 12.8 Å². The number of hydrogen-bond donors (Lipinski definition) is 1. The zero-order chi connectivity index (χ0) is 15.1. The standard InChI is InChI=1S/C17H25N5/c1-12-6-5-9-22(11-12)16-14-10-13(2)18-15(14)19-17(20-16)21-7-3-4-8-21/h10,12H,3-9,11H2,1-2H3,(H,18,19,20). The van der Waals surface area contributed by atoms with E-state index >= 15 is 0 Å². The maximum absolute atomic E-state index is 4.98. The molecule has 0 amide bonds. The van der Waals surface area contributed by atoms with Crippen LogP contribution in [0.2, 0.25) is 0 Å². The highest BCUT2D eigenvalue weighted by atomic mass is 15.3. The van der Waals surface area contributed by atoms with Gasteiger partial charge in [-0.3, -0.25) is 0 Å². The van der Waals surface area contributed by atoms with Crippen molar-refractivity contribution in [2.24, 2.45) is 5.92 Å². The SMILES string of the molecule is Cc1cc2c(N3CCCC(C)C3)nc(N3CCCC3)nc2[nH]1. The normalized spacial score (nSPS) is 22.7. The number of fused-ring (bicyclic) bond motifs is 1. The molecule has 1 unspecified atom stereocenters. The molecule has 1 N–H and O–H groups in total. The molecule has 5 heteroatoms. The number of piperidine rings is 1. The van der Waals surface area contributed by atoms with Crippen molar-refractivity contribution in [2.75, 3.05) is 36.0 Å². The van der Waals surface area contributed by atoms with E-state index in [-0.39, 0.29) is 0 Å². The van der Waals surface area contributed by atoms with Crippen LogP contribution in [0.3, 0.4) is 0 Å². The predicted octanol–water partition coefficient (Wildman–Crippen LogP) is 3.10. The van der Waals surface area contributed by atoms with Gasteiger partial charge in [0.1, 0.15) is 11.5 Å². The lowest BCUT2D eigenvalue weighted by Gasteiger charge is -2.32. The smallest absolute Gasteiger partial charge is 0.229 e. The fraction of sp³-hybridized carbons (Fsp3) is 0.647. The first-order valence-corrected chi connectivity index (χ1v) is 8.58. The van der Waals surface area contributed by atoms with Crippen LogP contribution in [0.5, 0.6) is 0 Å². The van der Waals surface area contributed by atoms with Crippen LogP contribution in [0.1, 0.15) is 38.3 Å². The molecule has 0 radical (unpaired) electrons. The van der Waals surface area contributed by atoms with Crippen LogP contribution in [0.15, 0.2) is 6.07 Å². The second-order valence-corrected chi connectivity index (χ2v) is 6.95. The number of H-pyrrole nitrogens is 1. The summed E-state index contributed by atoms with van der Waals surface area (Å²) in [6, 6.07) is 2.19. The summed E-state index contributed by atoms with van der Waals surface area (Å²) in [5, 5.41) is 1.18. The van der Waals surface area contributed by atoms with Gasteiger partial charge in [0.15, 0.2) is 0 Å². The van der Waals surface area contributed by atoms with Crippen molar-refractivity contribution in [3.05, 3.63) is 11.8 Å². The van der Waals surface area contributed by atoms with Gasteiger partial charge < -0.3 is 14.8 Å². The number of nitrogens with one attached hydrogen (secondary N) is 1. The number of hydrogen-bond acceptors (Lipinski definition) is 4. The molecule has 118 valence electrons. The molecule has 4 rings (SSSR count). The molecule has 2 aliphatic rings. The molecule has 0 aliphatic carbocycles. The summed E-state index contributed by atoms with van der Waals surface area (Å²) in [5.41, 5.74) is 2.15. The van der Waals surface area contributed by atoms with Crippen LogP contribution in [0.25, 0.3) is 11.0 Å². The van der Waals surface area contributed by atoms with E-state index in [2.05, 4.69) is 34.7 Å². The fourth-order valence-corrected chi connectivity index (χ4v) is 3.80. The first kappa shape index (κ1) is 13.9. The topological polar surface area (TPSA) is 48.1 Å². The number of rotatable bonds is 2. The van der Waals surface area contributed by atoms with E-state index in [1.54, 1.807) is 0 Å². The minimum atomic E-state index is 0.744. The van der Waals surface area contributed by atoms with Gasteiger partial charge in [0.05, 0.1) is 5.39 Å². The van der Waals surface area contributed by atoms with Crippen LogP contribution in [0.4, 0.5) is 11.8 Å². The second-order valence-electron chi connectivity index (χ2n) is 6.95. The number of anilines is 2. The molecule has 0 saturated carbocycles. The minimum Gasteiger partial charge on any atom is -0.356 e. The lowest BCUT2D eigenvalue weighted by Crippen LogP contribution is -2.35. The highest BCUT2D eigenvalue weighted by molar-refractivity contribution is 5.89. The van der Waals surface area contributed by atoms with Crippen molar-refractivity contribution in [1.82, 2.24) is 15.0 Å². The van der Waals surface area contributed by atoms with Gasteiger partial charge >= 0.3 is 0 Å². The van der Waals surface area contributed by atoms with Crippen LogP contribution in [-0.4, -0.2) is 41.1 Å². The molecule has 2 saturated heterocycles. The molecule has 1 atom stereocenters. The zero-order valence-corrected chi connectivity index (χ0v) is 13.6. The molecule has 0 aromatic carbocycles. The third kappa shape index (κ3) is 2.42. The molecule has 2 fully saturated rings. The van der Waals surface area contributed by atoms with Gasteiger partial charge in [-0.2, -0.15) is 9.97 Å². The monoisotopic (exact) mass is 299 g/mol. The van der Waals surface area contributed by atoms with Gasteiger partial charge in [0.2, 0.25) is 5.95 Å². The Hall–Kier alpha value is -1.78. The average Bonchev–Trinajstić information content (AvgIpc) is 3.14. The average molecular weight is 299 g/mol. The first-order valence-electron chi connectivity index (χ1n) is 8.58. The van der Waals surface area contributed by atoms with Crippen molar-refractivity contribution in [3.63, 3.8) is 0 Å². The molecule has 5 nitrogen and oxygen atoms in total. The van der Waals surface area contributed by atoms with Crippen molar-refractivity contribution < 1.29 is 0 Å². The number of nitrogens with zero attached hydrogens (tertiary/aromatic N) is 4.